The van der Waals surface area contributed by atoms with E-state index < -0.39 is 0 Å². The number of likely N-dealkylation sites (tertiary alicyclic amines) is 1. The lowest BCUT2D eigenvalue weighted by molar-refractivity contribution is 0.0595. The van der Waals surface area contributed by atoms with E-state index in [4.69, 9.17) is 0 Å². The summed E-state index contributed by atoms with van der Waals surface area (Å²) in [6.07, 6.45) is 5.21. The number of H-pyrrole nitrogens is 1. The van der Waals surface area contributed by atoms with Crippen molar-refractivity contribution < 1.29 is 4.79 Å². The molecule has 1 aromatic heterocycles. The van der Waals surface area contributed by atoms with Crippen LogP contribution < -0.4 is 0 Å². The van der Waals surface area contributed by atoms with Gasteiger partial charge in [0.15, 0.2) is 0 Å². The first-order valence-corrected chi connectivity index (χ1v) is 8.77. The Balaban J connectivity index is 1.49. The number of hydrogen-bond acceptors (Lipinski definition) is 1. The van der Waals surface area contributed by atoms with E-state index in [1.807, 2.05) is 30.5 Å². The molecule has 3 aromatic rings. The van der Waals surface area contributed by atoms with Crippen molar-refractivity contribution in [2.45, 2.75) is 31.2 Å². The summed E-state index contributed by atoms with van der Waals surface area (Å²) in [4.78, 5) is 18.5. The normalized spacial score (nSPS) is 22.4. The fourth-order valence-corrected chi connectivity index (χ4v) is 4.58. The van der Waals surface area contributed by atoms with Crippen molar-refractivity contribution in [2.24, 2.45) is 0 Å². The largest absolute Gasteiger partial charge is 0.361 e. The fraction of sp³-hybridized carbons (Fsp3) is 0.286. The summed E-state index contributed by atoms with van der Waals surface area (Å²) >= 11 is 0. The first kappa shape index (κ1) is 13.8. The van der Waals surface area contributed by atoms with Gasteiger partial charge in [-0.15, -0.1) is 0 Å². The number of fused-ring (bicyclic) bond motifs is 4. The van der Waals surface area contributed by atoms with Gasteiger partial charge in [0.2, 0.25) is 0 Å². The lowest BCUT2D eigenvalue weighted by Gasteiger charge is -2.38. The molecule has 0 saturated carbocycles. The van der Waals surface area contributed by atoms with Gasteiger partial charge >= 0.3 is 0 Å². The van der Waals surface area contributed by atoms with E-state index in [2.05, 4.69) is 34.1 Å². The van der Waals surface area contributed by atoms with Crippen molar-refractivity contribution >= 4 is 16.8 Å². The van der Waals surface area contributed by atoms with Gasteiger partial charge in [-0.25, -0.2) is 0 Å². The molecule has 5 rings (SSSR count). The highest BCUT2D eigenvalue weighted by Crippen LogP contribution is 2.42. The van der Waals surface area contributed by atoms with Gasteiger partial charge in [-0.05, 0) is 54.7 Å². The predicted molar refractivity (Wildman–Crippen MR) is 95.2 cm³/mol. The topological polar surface area (TPSA) is 36.1 Å². The first-order chi connectivity index (χ1) is 11.8. The van der Waals surface area contributed by atoms with Crippen molar-refractivity contribution in [2.75, 3.05) is 6.54 Å². The number of nitrogens with one attached hydrogen (secondary N) is 1. The van der Waals surface area contributed by atoms with E-state index in [0.717, 1.165) is 35.9 Å². The number of nitrogens with zero attached hydrogens (tertiary/aromatic N) is 1. The van der Waals surface area contributed by atoms with E-state index in [0.29, 0.717) is 12.0 Å². The Bertz CT molecular complexity index is 926. The third kappa shape index (κ3) is 2.01. The van der Waals surface area contributed by atoms with Crippen LogP contribution in [0.15, 0.2) is 54.7 Å². The van der Waals surface area contributed by atoms with Crippen molar-refractivity contribution in [1.29, 1.82) is 0 Å². The molecule has 0 radical (unpaired) electrons. The molecule has 0 bridgehead atoms. The van der Waals surface area contributed by atoms with Crippen LogP contribution in [0.5, 0.6) is 0 Å². The molecule has 2 heterocycles. The zero-order valence-corrected chi connectivity index (χ0v) is 13.5. The Morgan fingerprint density at radius 2 is 2.04 bits per heavy atom. The fourth-order valence-electron chi connectivity index (χ4n) is 4.58. The minimum atomic E-state index is 0.181. The molecule has 1 aliphatic carbocycles. The van der Waals surface area contributed by atoms with Crippen molar-refractivity contribution in [3.8, 4) is 0 Å². The molecule has 3 nitrogen and oxygen atoms in total. The molecular weight excluding hydrogens is 296 g/mol. The summed E-state index contributed by atoms with van der Waals surface area (Å²) in [6.45, 7) is 0.874. The highest BCUT2D eigenvalue weighted by molar-refractivity contribution is 5.98. The average Bonchev–Trinajstić information content (AvgIpc) is 3.24. The van der Waals surface area contributed by atoms with Crippen molar-refractivity contribution in [3.63, 3.8) is 0 Å². The Hall–Kier alpha value is -2.55. The molecule has 1 fully saturated rings. The Kier molecular flexibility index (Phi) is 3.02. The van der Waals surface area contributed by atoms with Crippen LogP contribution >= 0.6 is 0 Å². The third-order valence-electron chi connectivity index (χ3n) is 5.72. The first-order valence-electron chi connectivity index (χ1n) is 8.77. The summed E-state index contributed by atoms with van der Waals surface area (Å²) in [7, 11) is 0. The van der Waals surface area contributed by atoms with Crippen LogP contribution in [-0.2, 0) is 6.42 Å². The van der Waals surface area contributed by atoms with Crippen LogP contribution in [-0.4, -0.2) is 28.4 Å². The number of carbonyl (C=O) groups is 1. The Morgan fingerprint density at radius 1 is 1.12 bits per heavy atom. The van der Waals surface area contributed by atoms with Gasteiger partial charge in [0.05, 0.1) is 0 Å². The number of hydrogen-bond donors (Lipinski definition) is 1. The molecule has 1 saturated heterocycles. The van der Waals surface area contributed by atoms with Gasteiger partial charge < -0.3 is 9.88 Å². The smallest absolute Gasteiger partial charge is 0.254 e. The molecule has 1 aliphatic heterocycles. The number of aromatic amines is 1. The lowest BCUT2D eigenvalue weighted by atomic mass is 9.88. The van der Waals surface area contributed by atoms with E-state index in [9.17, 15) is 4.79 Å². The van der Waals surface area contributed by atoms with Gasteiger partial charge in [0, 0.05) is 41.2 Å². The molecule has 2 aromatic carbocycles. The number of aromatic nitrogens is 1. The zero-order valence-electron chi connectivity index (χ0n) is 13.5. The van der Waals surface area contributed by atoms with Gasteiger partial charge in [0.25, 0.3) is 5.91 Å². The number of carbonyl (C=O) groups excluding carboxylic acids is 1. The standard InChI is InChI=1S/C21H20N2O/c24-21(16-7-8-19-15(12-16)9-10-22-19)23-11-3-6-18-17-5-2-1-4-14(17)13-20(18)23/h1-2,4-5,7-10,12,18,20,22H,3,6,11,13H2/t18-,20?/m1/s1. The minimum absolute atomic E-state index is 0.181. The maximum atomic E-state index is 13.2. The summed E-state index contributed by atoms with van der Waals surface area (Å²) in [5, 5.41) is 1.10. The van der Waals surface area contributed by atoms with Crippen LogP contribution in [0.1, 0.15) is 40.2 Å². The molecule has 2 aliphatic rings. The Labute approximate surface area is 141 Å². The van der Waals surface area contributed by atoms with Gasteiger partial charge in [-0.3, -0.25) is 4.79 Å². The second kappa shape index (κ2) is 5.23. The van der Waals surface area contributed by atoms with Crippen LogP contribution in [0.2, 0.25) is 0 Å². The molecule has 1 unspecified atom stereocenters. The van der Waals surface area contributed by atoms with Crippen molar-refractivity contribution in [3.05, 3.63) is 71.4 Å². The highest BCUT2D eigenvalue weighted by Gasteiger charge is 2.40. The molecule has 0 spiro atoms. The highest BCUT2D eigenvalue weighted by atomic mass is 16.2. The number of amides is 1. The molecule has 24 heavy (non-hydrogen) atoms. The number of rotatable bonds is 1. The van der Waals surface area contributed by atoms with Crippen LogP contribution in [0, 0.1) is 0 Å². The zero-order chi connectivity index (χ0) is 16.1. The average molecular weight is 316 g/mol. The molecular formula is C21H20N2O. The summed E-state index contributed by atoms with van der Waals surface area (Å²) < 4.78 is 0. The summed E-state index contributed by atoms with van der Waals surface area (Å²) in [5.74, 6) is 0.690. The number of piperidine rings is 1. The Morgan fingerprint density at radius 3 is 3.00 bits per heavy atom. The third-order valence-corrected chi connectivity index (χ3v) is 5.72. The van der Waals surface area contributed by atoms with E-state index in [1.165, 1.54) is 17.5 Å². The second-order valence-corrected chi connectivity index (χ2v) is 7.00. The minimum Gasteiger partial charge on any atom is -0.361 e. The summed E-state index contributed by atoms with van der Waals surface area (Å²) in [5.41, 5.74) is 4.77. The van der Waals surface area contributed by atoms with Crippen molar-refractivity contribution in [1.82, 2.24) is 9.88 Å². The second-order valence-electron chi connectivity index (χ2n) is 7.00. The molecule has 1 amide bonds. The van der Waals surface area contributed by atoms with Gasteiger partial charge in [0.1, 0.15) is 0 Å². The van der Waals surface area contributed by atoms with Gasteiger partial charge in [-0.2, -0.15) is 0 Å². The van der Waals surface area contributed by atoms with Crippen LogP contribution in [0.25, 0.3) is 10.9 Å². The van der Waals surface area contributed by atoms with E-state index >= 15 is 0 Å². The number of benzene rings is 2. The summed E-state index contributed by atoms with van der Waals surface area (Å²) in [6, 6.07) is 17.0. The van der Waals surface area contributed by atoms with Crippen LogP contribution in [0.4, 0.5) is 0 Å². The molecule has 120 valence electrons. The molecule has 1 N–H and O–H groups in total. The SMILES string of the molecule is O=C(c1ccc2[nH]ccc2c1)N1CCC[C@@H]2c3ccccc3CC21. The maximum Gasteiger partial charge on any atom is 0.254 e. The van der Waals surface area contributed by atoms with E-state index in [-0.39, 0.29) is 5.91 Å². The van der Waals surface area contributed by atoms with Gasteiger partial charge in [-0.1, -0.05) is 24.3 Å². The predicted octanol–water partition coefficient (Wildman–Crippen LogP) is 4.11. The monoisotopic (exact) mass is 316 g/mol. The van der Waals surface area contributed by atoms with E-state index in [1.54, 1.807) is 0 Å². The quantitative estimate of drug-likeness (QED) is 0.720. The molecule has 2 atom stereocenters. The van der Waals surface area contributed by atoms with Crippen LogP contribution in [0.3, 0.4) is 0 Å². The maximum absolute atomic E-state index is 13.2. The molecule has 3 heteroatoms. The lowest BCUT2D eigenvalue weighted by Crippen LogP contribution is -2.46.